The molecule has 0 bridgehead atoms. The van der Waals surface area contributed by atoms with Gasteiger partial charge in [-0.2, -0.15) is 0 Å². The predicted octanol–water partition coefficient (Wildman–Crippen LogP) is 4.78. The third-order valence-corrected chi connectivity index (χ3v) is 5.31. The molecule has 3 rings (SSSR count). The number of rotatable bonds is 3. The van der Waals surface area contributed by atoms with E-state index in [1.165, 1.54) is 17.5 Å². The Hall–Kier alpha value is -1.12. The molecule has 2 atom stereocenters. The molecule has 0 amide bonds. The largest absolute Gasteiger partial charge is 0.316 e. The van der Waals surface area contributed by atoms with Gasteiger partial charge < -0.3 is 5.32 Å². The molecule has 1 nitrogen and oxygen atoms in total. The van der Waals surface area contributed by atoms with Gasteiger partial charge in [0.2, 0.25) is 0 Å². The lowest BCUT2D eigenvalue weighted by Gasteiger charge is -2.42. The average Bonchev–Trinajstić information content (AvgIpc) is 2.51. The molecule has 2 aromatic rings. The fourth-order valence-electron chi connectivity index (χ4n) is 3.53. The number of hydrogen-bond donors (Lipinski definition) is 1. The molecule has 1 aliphatic rings. The summed E-state index contributed by atoms with van der Waals surface area (Å²) in [6, 6.07) is 19.8. The maximum atomic E-state index is 3.58. The highest BCUT2D eigenvalue weighted by Gasteiger charge is 2.37. The lowest BCUT2D eigenvalue weighted by atomic mass is 9.66. The van der Waals surface area contributed by atoms with Gasteiger partial charge in [-0.15, -0.1) is 0 Å². The number of benzene rings is 2. The molecule has 1 N–H and O–H groups in total. The molecule has 0 aromatic heterocycles. The zero-order valence-electron chi connectivity index (χ0n) is 12.5. The molecular weight excluding hydrogens is 322 g/mol. The number of piperidine rings is 1. The highest BCUT2D eigenvalue weighted by Crippen LogP contribution is 2.43. The Balaban J connectivity index is 1.86. The van der Waals surface area contributed by atoms with Crippen LogP contribution < -0.4 is 5.32 Å². The second-order valence-corrected chi connectivity index (χ2v) is 7.29. The van der Waals surface area contributed by atoms with Crippen LogP contribution in [0.15, 0.2) is 59.1 Å². The van der Waals surface area contributed by atoms with E-state index >= 15 is 0 Å². The summed E-state index contributed by atoms with van der Waals surface area (Å²) in [5, 5.41) is 3.58. The highest BCUT2D eigenvalue weighted by atomic mass is 79.9. The van der Waals surface area contributed by atoms with Gasteiger partial charge in [0.05, 0.1) is 0 Å². The Labute approximate surface area is 135 Å². The molecule has 0 saturated carbocycles. The van der Waals surface area contributed by atoms with Gasteiger partial charge in [-0.1, -0.05) is 65.3 Å². The van der Waals surface area contributed by atoms with Crippen LogP contribution in [0.4, 0.5) is 0 Å². The topological polar surface area (TPSA) is 12.0 Å². The first kappa shape index (κ1) is 14.8. The molecule has 0 spiro atoms. The van der Waals surface area contributed by atoms with E-state index in [0.717, 1.165) is 24.0 Å². The van der Waals surface area contributed by atoms with E-state index in [9.17, 15) is 0 Å². The van der Waals surface area contributed by atoms with Gasteiger partial charge in [-0.3, -0.25) is 0 Å². The van der Waals surface area contributed by atoms with Crippen molar-refractivity contribution in [2.45, 2.75) is 25.7 Å². The van der Waals surface area contributed by atoms with Crippen molar-refractivity contribution in [3.05, 3.63) is 70.2 Å². The van der Waals surface area contributed by atoms with E-state index in [4.69, 9.17) is 0 Å². The monoisotopic (exact) mass is 343 g/mol. The quantitative estimate of drug-likeness (QED) is 0.845. The Morgan fingerprint density at radius 2 is 1.81 bits per heavy atom. The molecule has 1 heterocycles. The van der Waals surface area contributed by atoms with Crippen molar-refractivity contribution in [2.24, 2.45) is 5.41 Å². The summed E-state index contributed by atoms with van der Waals surface area (Å²) in [5.74, 6) is 0.580. The summed E-state index contributed by atoms with van der Waals surface area (Å²) in [6.07, 6.45) is 2.37. The molecule has 1 aliphatic heterocycles. The van der Waals surface area contributed by atoms with E-state index in [0.29, 0.717) is 11.3 Å². The first-order valence-electron chi connectivity index (χ1n) is 7.67. The van der Waals surface area contributed by atoms with Crippen molar-refractivity contribution in [3.63, 3.8) is 0 Å². The summed E-state index contributed by atoms with van der Waals surface area (Å²) >= 11 is 3.52. The van der Waals surface area contributed by atoms with E-state index < -0.39 is 0 Å². The van der Waals surface area contributed by atoms with Gasteiger partial charge in [-0.25, -0.2) is 0 Å². The van der Waals surface area contributed by atoms with Crippen molar-refractivity contribution >= 4 is 15.9 Å². The fourth-order valence-corrected chi connectivity index (χ4v) is 3.79. The summed E-state index contributed by atoms with van der Waals surface area (Å²) in [4.78, 5) is 0. The molecule has 2 heteroatoms. The summed E-state index contributed by atoms with van der Waals surface area (Å²) in [6.45, 7) is 4.65. The van der Waals surface area contributed by atoms with Crippen LogP contribution in [0, 0.1) is 5.41 Å². The molecule has 2 aromatic carbocycles. The summed E-state index contributed by atoms with van der Waals surface area (Å²) in [7, 11) is 0. The third-order valence-electron chi connectivity index (χ3n) is 4.79. The lowest BCUT2D eigenvalue weighted by Crippen LogP contribution is -2.43. The molecule has 2 unspecified atom stereocenters. The zero-order chi connectivity index (χ0) is 14.7. The van der Waals surface area contributed by atoms with E-state index in [-0.39, 0.29) is 0 Å². The van der Waals surface area contributed by atoms with Crippen LogP contribution in [-0.4, -0.2) is 13.1 Å². The van der Waals surface area contributed by atoms with E-state index in [2.05, 4.69) is 82.8 Å². The van der Waals surface area contributed by atoms with Crippen molar-refractivity contribution in [3.8, 4) is 0 Å². The van der Waals surface area contributed by atoms with Crippen LogP contribution in [0.25, 0.3) is 0 Å². The Bertz CT molecular complexity index is 578. The normalized spacial score (nSPS) is 25.7. The van der Waals surface area contributed by atoms with Gasteiger partial charge >= 0.3 is 0 Å². The second-order valence-electron chi connectivity index (χ2n) is 6.37. The molecule has 1 fully saturated rings. The molecule has 1 saturated heterocycles. The van der Waals surface area contributed by atoms with Crippen LogP contribution in [0.1, 0.15) is 30.4 Å². The second kappa shape index (κ2) is 6.33. The van der Waals surface area contributed by atoms with Crippen molar-refractivity contribution < 1.29 is 0 Å². The molecule has 0 aliphatic carbocycles. The van der Waals surface area contributed by atoms with Gasteiger partial charge in [0.15, 0.2) is 0 Å². The van der Waals surface area contributed by atoms with Crippen molar-refractivity contribution in [2.75, 3.05) is 13.1 Å². The average molecular weight is 344 g/mol. The van der Waals surface area contributed by atoms with Crippen LogP contribution in [0.5, 0.6) is 0 Å². The summed E-state index contributed by atoms with van der Waals surface area (Å²) in [5.41, 5.74) is 3.22. The SMILES string of the molecule is CC1(Cc2ccc(Br)cc2)CCNCC1c1ccccc1. The van der Waals surface area contributed by atoms with Crippen LogP contribution in [0.3, 0.4) is 0 Å². The predicted molar refractivity (Wildman–Crippen MR) is 92.6 cm³/mol. The van der Waals surface area contributed by atoms with E-state index in [1.807, 2.05) is 0 Å². The van der Waals surface area contributed by atoms with Gasteiger partial charge in [0.1, 0.15) is 0 Å². The Morgan fingerprint density at radius 1 is 1.10 bits per heavy atom. The zero-order valence-corrected chi connectivity index (χ0v) is 14.1. The van der Waals surface area contributed by atoms with Gasteiger partial charge in [0, 0.05) is 16.9 Å². The van der Waals surface area contributed by atoms with E-state index in [1.54, 1.807) is 0 Å². The minimum absolute atomic E-state index is 0.320. The maximum Gasteiger partial charge on any atom is 0.0175 e. The van der Waals surface area contributed by atoms with Gasteiger partial charge in [0.25, 0.3) is 0 Å². The highest BCUT2D eigenvalue weighted by molar-refractivity contribution is 9.10. The Kier molecular flexibility index (Phi) is 4.46. The fraction of sp³-hybridized carbons (Fsp3) is 0.368. The van der Waals surface area contributed by atoms with Crippen molar-refractivity contribution in [1.82, 2.24) is 5.32 Å². The minimum atomic E-state index is 0.320. The number of halogens is 1. The maximum absolute atomic E-state index is 3.58. The number of hydrogen-bond acceptors (Lipinski definition) is 1. The lowest BCUT2D eigenvalue weighted by molar-refractivity contribution is 0.187. The Morgan fingerprint density at radius 3 is 2.52 bits per heavy atom. The van der Waals surface area contributed by atoms with Crippen LogP contribution in [0.2, 0.25) is 0 Å². The third kappa shape index (κ3) is 3.38. The molecular formula is C19H22BrN. The van der Waals surface area contributed by atoms with Gasteiger partial charge in [-0.05, 0) is 48.1 Å². The first-order chi connectivity index (χ1) is 10.2. The van der Waals surface area contributed by atoms with Crippen LogP contribution >= 0.6 is 15.9 Å². The smallest absolute Gasteiger partial charge is 0.0175 e. The number of nitrogens with one attached hydrogen (secondary N) is 1. The summed E-state index contributed by atoms with van der Waals surface area (Å²) < 4.78 is 1.15. The van der Waals surface area contributed by atoms with Crippen LogP contribution in [-0.2, 0) is 6.42 Å². The van der Waals surface area contributed by atoms with Crippen molar-refractivity contribution in [1.29, 1.82) is 0 Å². The molecule has 21 heavy (non-hydrogen) atoms. The standard InChI is InChI=1S/C19H22BrN/c1-19(13-15-7-9-17(20)10-8-15)11-12-21-14-18(19)16-5-3-2-4-6-16/h2-10,18,21H,11-14H2,1H3. The first-order valence-corrected chi connectivity index (χ1v) is 8.47. The molecule has 0 radical (unpaired) electrons. The molecule has 110 valence electrons. The minimum Gasteiger partial charge on any atom is -0.316 e.